The summed E-state index contributed by atoms with van der Waals surface area (Å²) in [5.74, 6) is 0. The standard InChI is InChI=1S/C20H16O3S/c21-24(22,23)20(15-16-9-3-1-4-10-16)19-14-8-7-13-18(19)17-11-5-2-6-12-17/h1-15H,(H,21,22,23). The average molecular weight is 336 g/mol. The quantitative estimate of drug-likeness (QED) is 0.553. The molecule has 0 aliphatic carbocycles. The highest BCUT2D eigenvalue weighted by Gasteiger charge is 2.20. The molecule has 0 radical (unpaired) electrons. The third-order valence-corrected chi connectivity index (χ3v) is 4.55. The van der Waals surface area contributed by atoms with Crippen molar-refractivity contribution in [3.8, 4) is 11.1 Å². The lowest BCUT2D eigenvalue weighted by molar-refractivity contribution is 0.496. The molecule has 0 spiro atoms. The smallest absolute Gasteiger partial charge is 0.282 e. The van der Waals surface area contributed by atoms with Crippen molar-refractivity contribution >= 4 is 21.1 Å². The number of hydrogen-bond acceptors (Lipinski definition) is 2. The molecular weight excluding hydrogens is 320 g/mol. The van der Waals surface area contributed by atoms with Gasteiger partial charge in [0.25, 0.3) is 10.1 Å². The Morgan fingerprint density at radius 2 is 1.29 bits per heavy atom. The van der Waals surface area contributed by atoms with Gasteiger partial charge in [0.05, 0.1) is 0 Å². The summed E-state index contributed by atoms with van der Waals surface area (Å²) in [4.78, 5) is -0.117. The first-order valence-corrected chi connectivity index (χ1v) is 8.89. The van der Waals surface area contributed by atoms with E-state index in [1.54, 1.807) is 24.3 Å². The van der Waals surface area contributed by atoms with Crippen molar-refractivity contribution < 1.29 is 13.0 Å². The number of benzene rings is 3. The summed E-state index contributed by atoms with van der Waals surface area (Å²) in [5.41, 5.74) is 2.80. The minimum Gasteiger partial charge on any atom is -0.282 e. The highest BCUT2D eigenvalue weighted by atomic mass is 32.2. The second-order valence-corrected chi connectivity index (χ2v) is 6.70. The lowest BCUT2D eigenvalue weighted by Gasteiger charge is -2.11. The minimum atomic E-state index is -4.39. The van der Waals surface area contributed by atoms with Gasteiger partial charge in [-0.25, -0.2) is 0 Å². The second-order valence-electron chi connectivity index (χ2n) is 5.31. The summed E-state index contributed by atoms with van der Waals surface area (Å²) < 4.78 is 33.8. The van der Waals surface area contributed by atoms with Gasteiger partial charge < -0.3 is 0 Å². The zero-order valence-electron chi connectivity index (χ0n) is 12.8. The van der Waals surface area contributed by atoms with Crippen molar-refractivity contribution in [2.24, 2.45) is 0 Å². The highest BCUT2D eigenvalue weighted by molar-refractivity contribution is 7.95. The maximum absolute atomic E-state index is 12.0. The molecule has 3 aromatic carbocycles. The summed E-state index contributed by atoms with van der Waals surface area (Å²) in [6.45, 7) is 0. The molecule has 0 amide bonds. The number of hydrogen-bond donors (Lipinski definition) is 1. The normalized spacial score (nSPS) is 12.1. The monoisotopic (exact) mass is 336 g/mol. The van der Waals surface area contributed by atoms with Gasteiger partial charge in [-0.05, 0) is 22.8 Å². The molecule has 120 valence electrons. The first kappa shape index (κ1) is 16.2. The van der Waals surface area contributed by atoms with Crippen molar-refractivity contribution in [2.45, 2.75) is 0 Å². The Balaban J connectivity index is 2.23. The Hall–Kier alpha value is -2.69. The first-order valence-electron chi connectivity index (χ1n) is 7.45. The van der Waals surface area contributed by atoms with Crippen LogP contribution >= 0.6 is 0 Å². The average Bonchev–Trinajstić information content (AvgIpc) is 2.60. The van der Waals surface area contributed by atoms with Crippen LogP contribution in [0.3, 0.4) is 0 Å². The van der Waals surface area contributed by atoms with Crippen LogP contribution in [0.15, 0.2) is 84.9 Å². The van der Waals surface area contributed by atoms with Crippen LogP contribution < -0.4 is 0 Å². The summed E-state index contributed by atoms with van der Waals surface area (Å²) in [6, 6.07) is 25.7. The molecule has 0 aliphatic rings. The van der Waals surface area contributed by atoms with E-state index in [0.717, 1.165) is 11.1 Å². The van der Waals surface area contributed by atoms with Crippen LogP contribution in [-0.4, -0.2) is 13.0 Å². The van der Waals surface area contributed by atoms with Crippen molar-refractivity contribution in [1.29, 1.82) is 0 Å². The summed E-state index contributed by atoms with van der Waals surface area (Å²) in [6.07, 6.45) is 1.48. The van der Waals surface area contributed by atoms with Gasteiger partial charge in [-0.2, -0.15) is 8.42 Å². The molecule has 0 bridgehead atoms. The molecule has 0 atom stereocenters. The van der Waals surface area contributed by atoms with Crippen LogP contribution in [0.25, 0.3) is 22.1 Å². The summed E-state index contributed by atoms with van der Waals surface area (Å²) in [7, 11) is -4.39. The van der Waals surface area contributed by atoms with Crippen LogP contribution in [0, 0.1) is 0 Å². The molecule has 3 aromatic rings. The zero-order valence-corrected chi connectivity index (χ0v) is 13.6. The third kappa shape index (κ3) is 3.62. The van der Waals surface area contributed by atoms with E-state index in [1.165, 1.54) is 6.08 Å². The third-order valence-electron chi connectivity index (χ3n) is 3.65. The predicted octanol–water partition coefficient (Wildman–Crippen LogP) is 4.74. The van der Waals surface area contributed by atoms with Gasteiger partial charge in [-0.3, -0.25) is 4.55 Å². The lowest BCUT2D eigenvalue weighted by Crippen LogP contribution is -2.02. The first-order chi connectivity index (χ1) is 11.6. The Morgan fingerprint density at radius 1 is 0.750 bits per heavy atom. The van der Waals surface area contributed by atoms with Crippen molar-refractivity contribution in [2.75, 3.05) is 0 Å². The van der Waals surface area contributed by atoms with E-state index >= 15 is 0 Å². The van der Waals surface area contributed by atoms with E-state index < -0.39 is 10.1 Å². The molecule has 0 unspecified atom stereocenters. The fourth-order valence-electron chi connectivity index (χ4n) is 2.56. The molecule has 0 aliphatic heterocycles. The Labute approximate surface area is 141 Å². The van der Waals surface area contributed by atoms with E-state index in [-0.39, 0.29) is 4.91 Å². The van der Waals surface area contributed by atoms with Crippen LogP contribution in [0.5, 0.6) is 0 Å². The molecule has 3 nitrogen and oxygen atoms in total. The van der Waals surface area contributed by atoms with Gasteiger partial charge >= 0.3 is 0 Å². The Morgan fingerprint density at radius 3 is 1.92 bits per heavy atom. The van der Waals surface area contributed by atoms with E-state index in [0.29, 0.717) is 11.1 Å². The largest absolute Gasteiger partial charge is 0.295 e. The highest BCUT2D eigenvalue weighted by Crippen LogP contribution is 2.32. The van der Waals surface area contributed by atoms with Crippen molar-refractivity contribution in [1.82, 2.24) is 0 Å². The summed E-state index contributed by atoms with van der Waals surface area (Å²) >= 11 is 0. The maximum atomic E-state index is 12.0. The van der Waals surface area contributed by atoms with Crippen LogP contribution in [0.1, 0.15) is 11.1 Å². The molecule has 0 saturated carbocycles. The fourth-order valence-corrected chi connectivity index (χ4v) is 3.30. The molecule has 0 aromatic heterocycles. The number of rotatable bonds is 4. The van der Waals surface area contributed by atoms with Crippen molar-refractivity contribution in [3.63, 3.8) is 0 Å². The molecule has 4 heteroatoms. The lowest BCUT2D eigenvalue weighted by atomic mass is 9.99. The fraction of sp³-hybridized carbons (Fsp3) is 0. The van der Waals surface area contributed by atoms with Gasteiger partial charge in [0.1, 0.15) is 4.91 Å². The molecule has 0 saturated heterocycles. The molecule has 0 fully saturated rings. The Bertz CT molecular complexity index is 960. The molecule has 24 heavy (non-hydrogen) atoms. The molecule has 3 rings (SSSR count). The van der Waals surface area contributed by atoms with Gasteiger partial charge in [-0.1, -0.05) is 84.9 Å². The van der Waals surface area contributed by atoms with Crippen LogP contribution in [0.4, 0.5) is 0 Å². The van der Waals surface area contributed by atoms with E-state index in [2.05, 4.69) is 0 Å². The Kier molecular flexibility index (Phi) is 4.60. The van der Waals surface area contributed by atoms with E-state index in [4.69, 9.17) is 0 Å². The predicted molar refractivity (Wildman–Crippen MR) is 97.7 cm³/mol. The van der Waals surface area contributed by atoms with E-state index in [1.807, 2.05) is 60.7 Å². The van der Waals surface area contributed by atoms with Gasteiger partial charge in [0, 0.05) is 5.56 Å². The molecule has 0 heterocycles. The van der Waals surface area contributed by atoms with Crippen LogP contribution in [-0.2, 0) is 10.1 Å². The van der Waals surface area contributed by atoms with Crippen molar-refractivity contribution in [3.05, 3.63) is 96.1 Å². The second kappa shape index (κ2) is 6.83. The zero-order chi connectivity index (χ0) is 17.0. The van der Waals surface area contributed by atoms with Gasteiger partial charge in [-0.15, -0.1) is 0 Å². The maximum Gasteiger partial charge on any atom is 0.295 e. The van der Waals surface area contributed by atoms with Gasteiger partial charge in [0.15, 0.2) is 0 Å². The molecule has 1 N–H and O–H groups in total. The molecular formula is C20H16O3S. The topological polar surface area (TPSA) is 54.4 Å². The van der Waals surface area contributed by atoms with Crippen LogP contribution in [0.2, 0.25) is 0 Å². The van der Waals surface area contributed by atoms with E-state index in [9.17, 15) is 13.0 Å². The SMILES string of the molecule is O=S(=O)(O)C(=Cc1ccccc1)c1ccccc1-c1ccccc1. The minimum absolute atomic E-state index is 0.117. The van der Waals surface area contributed by atoms with Gasteiger partial charge in [0.2, 0.25) is 0 Å². The summed E-state index contributed by atoms with van der Waals surface area (Å²) in [5, 5.41) is 0.